The molecule has 0 unspecified atom stereocenters. The van der Waals surface area contributed by atoms with Gasteiger partial charge in [0.2, 0.25) is 0 Å². The van der Waals surface area contributed by atoms with Crippen LogP contribution in [0.4, 0.5) is 0 Å². The minimum Gasteiger partial charge on any atom is -0.149 e. The van der Waals surface area contributed by atoms with Crippen LogP contribution in [0, 0.1) is 6.92 Å². The second kappa shape index (κ2) is 2.65. The molecule has 0 aromatic carbocycles. The molecule has 0 bridgehead atoms. The van der Waals surface area contributed by atoms with E-state index in [1.807, 2.05) is 0 Å². The molecule has 44 valence electrons. The van der Waals surface area contributed by atoms with Gasteiger partial charge >= 0.3 is 0 Å². The van der Waals surface area contributed by atoms with Crippen molar-refractivity contribution < 1.29 is 0 Å². The molecule has 0 aliphatic rings. The maximum absolute atomic E-state index is 3.38. The summed E-state index contributed by atoms with van der Waals surface area (Å²) in [7, 11) is 0. The van der Waals surface area contributed by atoms with E-state index in [0.717, 1.165) is 5.33 Å². The third kappa shape index (κ3) is 1.33. The lowest BCUT2D eigenvalue weighted by Crippen LogP contribution is -1.63. The van der Waals surface area contributed by atoms with Crippen LogP contribution in [0.25, 0.3) is 0 Å². The Morgan fingerprint density at radius 3 is 2.75 bits per heavy atom. The van der Waals surface area contributed by atoms with Crippen molar-refractivity contribution in [2.75, 3.05) is 0 Å². The van der Waals surface area contributed by atoms with Crippen LogP contribution < -0.4 is 0 Å². The van der Waals surface area contributed by atoms with Gasteiger partial charge in [-0.2, -0.15) is 0 Å². The summed E-state index contributed by atoms with van der Waals surface area (Å²) < 4.78 is 0. The number of rotatable bonds is 1. The molecule has 2 heteroatoms. The predicted molar refractivity (Wildman–Crippen MR) is 41.7 cm³/mol. The Bertz CT molecular complexity index is 169. The van der Waals surface area contributed by atoms with E-state index >= 15 is 0 Å². The quantitative estimate of drug-likeness (QED) is 0.598. The lowest BCUT2D eigenvalue weighted by atomic mass is 10.4. The Kier molecular flexibility index (Phi) is 2.08. The number of halogens is 1. The molecule has 1 aromatic rings. The van der Waals surface area contributed by atoms with Crippen LogP contribution in [0.3, 0.4) is 0 Å². The minimum atomic E-state index is 0.983. The van der Waals surface area contributed by atoms with Crippen molar-refractivity contribution in [1.29, 1.82) is 0 Å². The lowest BCUT2D eigenvalue weighted by molar-refractivity contribution is 1.47. The van der Waals surface area contributed by atoms with Gasteiger partial charge < -0.3 is 0 Å². The van der Waals surface area contributed by atoms with E-state index in [4.69, 9.17) is 0 Å². The maximum atomic E-state index is 3.38. The molecule has 0 nitrogen and oxygen atoms in total. The largest absolute Gasteiger partial charge is 0.149 e. The number of alkyl halides is 1. The smallest absolute Gasteiger partial charge is 0.0291 e. The van der Waals surface area contributed by atoms with Crippen LogP contribution in [0.15, 0.2) is 11.4 Å². The SMILES string of the molecule is Cc1cc(CBr)cs1. The molecule has 0 amide bonds. The van der Waals surface area contributed by atoms with Gasteiger partial charge in [0, 0.05) is 10.2 Å². The van der Waals surface area contributed by atoms with Crippen molar-refractivity contribution >= 4 is 27.3 Å². The Labute approximate surface area is 61.7 Å². The molecule has 1 rings (SSSR count). The Hall–Kier alpha value is 0.180. The molecule has 0 saturated carbocycles. The summed E-state index contributed by atoms with van der Waals surface area (Å²) >= 11 is 5.18. The van der Waals surface area contributed by atoms with E-state index in [1.165, 1.54) is 10.4 Å². The second-order valence-electron chi connectivity index (χ2n) is 1.70. The molecule has 8 heavy (non-hydrogen) atoms. The normalized spacial score (nSPS) is 9.75. The van der Waals surface area contributed by atoms with Crippen molar-refractivity contribution in [2.24, 2.45) is 0 Å². The molecule has 1 aromatic heterocycles. The second-order valence-corrected chi connectivity index (χ2v) is 3.38. The third-order valence-electron chi connectivity index (χ3n) is 0.939. The molecule has 0 saturated heterocycles. The highest BCUT2D eigenvalue weighted by Crippen LogP contribution is 2.14. The zero-order chi connectivity index (χ0) is 5.98. The van der Waals surface area contributed by atoms with Gasteiger partial charge in [0.1, 0.15) is 0 Å². The highest BCUT2D eigenvalue weighted by molar-refractivity contribution is 9.08. The zero-order valence-corrected chi connectivity index (χ0v) is 7.05. The van der Waals surface area contributed by atoms with Crippen LogP contribution in [0.1, 0.15) is 10.4 Å². The van der Waals surface area contributed by atoms with Gasteiger partial charge in [-0.15, -0.1) is 11.3 Å². The molecule has 0 aliphatic carbocycles. The molecule has 1 heterocycles. The minimum absolute atomic E-state index is 0.983. The van der Waals surface area contributed by atoms with Crippen LogP contribution in [-0.4, -0.2) is 0 Å². The number of hydrogen-bond donors (Lipinski definition) is 0. The summed E-state index contributed by atoms with van der Waals surface area (Å²) in [6.45, 7) is 2.12. The number of aryl methyl sites for hydroxylation is 1. The molecular weight excluding hydrogens is 184 g/mol. The van der Waals surface area contributed by atoms with Crippen molar-refractivity contribution in [2.45, 2.75) is 12.3 Å². The van der Waals surface area contributed by atoms with E-state index in [1.54, 1.807) is 11.3 Å². The fraction of sp³-hybridized carbons (Fsp3) is 0.333. The third-order valence-corrected chi connectivity index (χ3v) is 2.50. The summed E-state index contributed by atoms with van der Waals surface area (Å²) in [5, 5.41) is 3.15. The topological polar surface area (TPSA) is 0 Å². The Balaban J connectivity index is 2.84. The summed E-state index contributed by atoms with van der Waals surface area (Å²) in [5.41, 5.74) is 1.38. The first kappa shape index (κ1) is 6.30. The van der Waals surface area contributed by atoms with Gasteiger partial charge in [0.05, 0.1) is 0 Å². The monoisotopic (exact) mass is 190 g/mol. The van der Waals surface area contributed by atoms with Gasteiger partial charge in [-0.25, -0.2) is 0 Å². The van der Waals surface area contributed by atoms with Gasteiger partial charge in [0.15, 0.2) is 0 Å². The van der Waals surface area contributed by atoms with Crippen molar-refractivity contribution in [3.05, 3.63) is 21.9 Å². The van der Waals surface area contributed by atoms with Gasteiger partial charge in [-0.3, -0.25) is 0 Å². The highest BCUT2D eigenvalue weighted by Gasteiger charge is 1.90. The highest BCUT2D eigenvalue weighted by atomic mass is 79.9. The molecule has 0 spiro atoms. The number of thiophene rings is 1. The van der Waals surface area contributed by atoms with Gasteiger partial charge in [0.25, 0.3) is 0 Å². The summed E-state index contributed by atoms with van der Waals surface area (Å²) in [6, 6.07) is 2.19. The van der Waals surface area contributed by atoms with E-state index in [-0.39, 0.29) is 0 Å². The van der Waals surface area contributed by atoms with Crippen LogP contribution in [-0.2, 0) is 5.33 Å². The van der Waals surface area contributed by atoms with Crippen LogP contribution in [0.5, 0.6) is 0 Å². The maximum Gasteiger partial charge on any atom is 0.0291 e. The van der Waals surface area contributed by atoms with E-state index < -0.39 is 0 Å². The number of hydrogen-bond acceptors (Lipinski definition) is 1. The Morgan fingerprint density at radius 2 is 2.50 bits per heavy atom. The fourth-order valence-corrected chi connectivity index (χ4v) is 1.81. The molecule has 0 N–H and O–H groups in total. The zero-order valence-electron chi connectivity index (χ0n) is 4.65. The Morgan fingerprint density at radius 1 is 1.75 bits per heavy atom. The first-order chi connectivity index (χ1) is 3.83. The van der Waals surface area contributed by atoms with E-state index in [0.29, 0.717) is 0 Å². The molecule has 0 aliphatic heterocycles. The molecule has 0 atom stereocenters. The van der Waals surface area contributed by atoms with Crippen LogP contribution in [0.2, 0.25) is 0 Å². The average Bonchev–Trinajstić information content (AvgIpc) is 2.14. The first-order valence-electron chi connectivity index (χ1n) is 2.43. The first-order valence-corrected chi connectivity index (χ1v) is 4.43. The van der Waals surface area contributed by atoms with Crippen LogP contribution >= 0.6 is 27.3 Å². The van der Waals surface area contributed by atoms with Crippen molar-refractivity contribution in [3.8, 4) is 0 Å². The summed E-state index contributed by atoms with van der Waals surface area (Å²) in [6.07, 6.45) is 0. The summed E-state index contributed by atoms with van der Waals surface area (Å²) in [4.78, 5) is 1.39. The molecule has 0 fully saturated rings. The predicted octanol–water partition coefficient (Wildman–Crippen LogP) is 2.95. The fourth-order valence-electron chi connectivity index (χ4n) is 0.568. The molecule has 0 radical (unpaired) electrons. The average molecular weight is 191 g/mol. The van der Waals surface area contributed by atoms with Crippen molar-refractivity contribution in [1.82, 2.24) is 0 Å². The van der Waals surface area contributed by atoms with Gasteiger partial charge in [-0.05, 0) is 23.9 Å². The summed E-state index contributed by atoms with van der Waals surface area (Å²) in [5.74, 6) is 0. The molecular formula is C6H7BrS. The standard InChI is InChI=1S/C6H7BrS/c1-5-2-6(3-7)4-8-5/h2,4H,3H2,1H3. The lowest BCUT2D eigenvalue weighted by Gasteiger charge is -1.78. The van der Waals surface area contributed by atoms with E-state index in [9.17, 15) is 0 Å². The van der Waals surface area contributed by atoms with E-state index in [2.05, 4.69) is 34.3 Å². The van der Waals surface area contributed by atoms with Gasteiger partial charge in [-0.1, -0.05) is 15.9 Å². The van der Waals surface area contributed by atoms with Crippen molar-refractivity contribution in [3.63, 3.8) is 0 Å².